The van der Waals surface area contributed by atoms with Gasteiger partial charge in [0.05, 0.1) is 12.7 Å². The van der Waals surface area contributed by atoms with E-state index in [1.807, 2.05) is 31.2 Å². The van der Waals surface area contributed by atoms with Gasteiger partial charge in [0.25, 0.3) is 0 Å². The number of aliphatic hydroxyl groups excluding tert-OH is 1. The monoisotopic (exact) mass is 248 g/mol. The van der Waals surface area contributed by atoms with E-state index in [9.17, 15) is 5.11 Å². The second-order valence-electron chi connectivity index (χ2n) is 5.56. The second-order valence-corrected chi connectivity index (χ2v) is 5.56. The molecule has 0 saturated heterocycles. The van der Waals surface area contributed by atoms with E-state index in [2.05, 4.69) is 6.92 Å². The molecule has 1 fully saturated rings. The first-order chi connectivity index (χ1) is 8.66. The van der Waals surface area contributed by atoms with Crippen LogP contribution in [0.15, 0.2) is 24.3 Å². The predicted octanol–water partition coefficient (Wildman–Crippen LogP) is 3.62. The molecule has 2 nitrogen and oxygen atoms in total. The molecular formula is C16H24O2. The maximum absolute atomic E-state index is 10.1. The Morgan fingerprint density at radius 2 is 2.11 bits per heavy atom. The van der Waals surface area contributed by atoms with Gasteiger partial charge < -0.3 is 9.84 Å². The van der Waals surface area contributed by atoms with E-state index in [4.69, 9.17) is 4.74 Å². The highest BCUT2D eigenvalue weighted by Crippen LogP contribution is 2.27. The second kappa shape index (κ2) is 6.35. The summed E-state index contributed by atoms with van der Waals surface area (Å²) in [4.78, 5) is 0. The molecule has 3 unspecified atom stereocenters. The molecule has 18 heavy (non-hydrogen) atoms. The predicted molar refractivity (Wildman–Crippen MR) is 73.5 cm³/mol. The van der Waals surface area contributed by atoms with Crippen LogP contribution >= 0.6 is 0 Å². The normalized spacial score (nSPS) is 25.9. The molecule has 0 radical (unpaired) electrons. The lowest BCUT2D eigenvalue weighted by Crippen LogP contribution is -2.27. The van der Waals surface area contributed by atoms with Gasteiger partial charge >= 0.3 is 0 Å². The molecule has 2 rings (SSSR count). The van der Waals surface area contributed by atoms with Crippen LogP contribution in [0.1, 0.15) is 49.8 Å². The first kappa shape index (κ1) is 13.6. The van der Waals surface area contributed by atoms with E-state index in [1.54, 1.807) is 0 Å². The third-order valence-corrected chi connectivity index (χ3v) is 3.93. The van der Waals surface area contributed by atoms with Gasteiger partial charge in [0.2, 0.25) is 0 Å². The van der Waals surface area contributed by atoms with Crippen molar-refractivity contribution >= 4 is 0 Å². The van der Waals surface area contributed by atoms with E-state index in [0.29, 0.717) is 18.6 Å². The van der Waals surface area contributed by atoms with Crippen LogP contribution in [0.3, 0.4) is 0 Å². The highest BCUT2D eigenvalue weighted by atomic mass is 16.5. The quantitative estimate of drug-likeness (QED) is 0.881. The summed E-state index contributed by atoms with van der Waals surface area (Å²) in [5.41, 5.74) is 2.14. The third kappa shape index (κ3) is 3.56. The van der Waals surface area contributed by atoms with Crippen molar-refractivity contribution in [2.45, 2.75) is 51.7 Å². The largest absolute Gasteiger partial charge is 0.386 e. The SMILES string of the molecule is Cc1cccc(C(O)COC2CCCCC2C)c1. The van der Waals surface area contributed by atoms with Crippen molar-refractivity contribution in [2.24, 2.45) is 5.92 Å². The first-order valence-corrected chi connectivity index (χ1v) is 7.03. The molecule has 0 bridgehead atoms. The minimum absolute atomic E-state index is 0.332. The number of benzene rings is 1. The molecule has 0 aromatic heterocycles. The van der Waals surface area contributed by atoms with Crippen LogP contribution in [0.4, 0.5) is 0 Å². The fraction of sp³-hybridized carbons (Fsp3) is 0.625. The summed E-state index contributed by atoms with van der Waals surface area (Å²) in [6.07, 6.45) is 4.81. The van der Waals surface area contributed by atoms with Crippen LogP contribution in [-0.2, 0) is 4.74 Å². The fourth-order valence-corrected chi connectivity index (χ4v) is 2.72. The van der Waals surface area contributed by atoms with Crippen molar-refractivity contribution < 1.29 is 9.84 Å². The molecule has 0 spiro atoms. The van der Waals surface area contributed by atoms with Crippen LogP contribution in [0, 0.1) is 12.8 Å². The molecule has 1 aliphatic rings. The molecule has 1 aliphatic carbocycles. The van der Waals surface area contributed by atoms with Crippen molar-refractivity contribution in [1.82, 2.24) is 0 Å². The van der Waals surface area contributed by atoms with Crippen LogP contribution in [0.5, 0.6) is 0 Å². The summed E-state index contributed by atoms with van der Waals surface area (Å²) in [5, 5.41) is 10.1. The lowest BCUT2D eigenvalue weighted by molar-refractivity contribution is -0.0467. The van der Waals surface area contributed by atoms with Gasteiger partial charge in [0.15, 0.2) is 0 Å². The van der Waals surface area contributed by atoms with Crippen molar-refractivity contribution in [3.8, 4) is 0 Å². The van der Waals surface area contributed by atoms with E-state index < -0.39 is 6.10 Å². The Hall–Kier alpha value is -0.860. The van der Waals surface area contributed by atoms with E-state index >= 15 is 0 Å². The minimum atomic E-state index is -0.501. The molecular weight excluding hydrogens is 224 g/mol. The van der Waals surface area contributed by atoms with Crippen LogP contribution in [-0.4, -0.2) is 17.8 Å². The molecule has 1 aromatic carbocycles. The third-order valence-electron chi connectivity index (χ3n) is 3.93. The van der Waals surface area contributed by atoms with Gasteiger partial charge in [-0.15, -0.1) is 0 Å². The summed E-state index contributed by atoms with van der Waals surface area (Å²) in [7, 11) is 0. The van der Waals surface area contributed by atoms with Crippen molar-refractivity contribution in [2.75, 3.05) is 6.61 Å². The van der Waals surface area contributed by atoms with Gasteiger partial charge in [-0.3, -0.25) is 0 Å². The Labute approximate surface area is 110 Å². The number of aliphatic hydroxyl groups is 1. The lowest BCUT2D eigenvalue weighted by atomic mass is 9.88. The standard InChI is InChI=1S/C16H24O2/c1-12-6-5-8-14(10-12)15(17)11-18-16-9-4-3-7-13(16)2/h5-6,8,10,13,15-17H,3-4,7,9,11H2,1-2H3. The summed E-state index contributed by atoms with van der Waals surface area (Å²) in [6, 6.07) is 8.01. The van der Waals surface area contributed by atoms with Gasteiger partial charge in [-0.05, 0) is 31.2 Å². The molecule has 0 aliphatic heterocycles. The average molecular weight is 248 g/mol. The zero-order chi connectivity index (χ0) is 13.0. The Morgan fingerprint density at radius 1 is 1.33 bits per heavy atom. The molecule has 1 N–H and O–H groups in total. The highest BCUT2D eigenvalue weighted by Gasteiger charge is 2.22. The molecule has 1 saturated carbocycles. The Bertz CT molecular complexity index is 375. The summed E-state index contributed by atoms with van der Waals surface area (Å²) in [5.74, 6) is 0.628. The average Bonchev–Trinajstić information content (AvgIpc) is 2.37. The number of aryl methyl sites for hydroxylation is 1. The maximum atomic E-state index is 10.1. The number of ether oxygens (including phenoxy) is 1. The molecule has 100 valence electrons. The van der Waals surface area contributed by atoms with Gasteiger partial charge in [0.1, 0.15) is 6.10 Å². The molecule has 0 heterocycles. The zero-order valence-corrected chi connectivity index (χ0v) is 11.4. The minimum Gasteiger partial charge on any atom is -0.386 e. The lowest BCUT2D eigenvalue weighted by Gasteiger charge is -2.29. The Balaban J connectivity index is 1.86. The smallest absolute Gasteiger partial charge is 0.102 e. The number of rotatable bonds is 4. The molecule has 2 heteroatoms. The van der Waals surface area contributed by atoms with E-state index in [0.717, 1.165) is 12.0 Å². The first-order valence-electron chi connectivity index (χ1n) is 7.03. The Morgan fingerprint density at radius 3 is 2.83 bits per heavy atom. The van der Waals surface area contributed by atoms with Crippen molar-refractivity contribution in [3.63, 3.8) is 0 Å². The summed E-state index contributed by atoms with van der Waals surface area (Å²) < 4.78 is 5.90. The zero-order valence-electron chi connectivity index (χ0n) is 11.4. The maximum Gasteiger partial charge on any atom is 0.102 e. The van der Waals surface area contributed by atoms with Crippen LogP contribution < -0.4 is 0 Å². The van der Waals surface area contributed by atoms with E-state index in [-0.39, 0.29) is 0 Å². The van der Waals surface area contributed by atoms with Crippen molar-refractivity contribution in [3.05, 3.63) is 35.4 Å². The van der Waals surface area contributed by atoms with Gasteiger partial charge in [-0.1, -0.05) is 49.6 Å². The number of hydrogen-bond acceptors (Lipinski definition) is 2. The molecule has 3 atom stereocenters. The van der Waals surface area contributed by atoms with E-state index in [1.165, 1.54) is 24.8 Å². The summed E-state index contributed by atoms with van der Waals surface area (Å²) >= 11 is 0. The van der Waals surface area contributed by atoms with Gasteiger partial charge in [-0.2, -0.15) is 0 Å². The van der Waals surface area contributed by atoms with Crippen molar-refractivity contribution in [1.29, 1.82) is 0 Å². The van der Waals surface area contributed by atoms with Gasteiger partial charge in [-0.25, -0.2) is 0 Å². The fourth-order valence-electron chi connectivity index (χ4n) is 2.72. The summed E-state index contributed by atoms with van der Waals surface area (Å²) in [6.45, 7) is 4.71. The number of hydrogen-bond donors (Lipinski definition) is 1. The van der Waals surface area contributed by atoms with Crippen LogP contribution in [0.25, 0.3) is 0 Å². The molecule has 0 amide bonds. The highest BCUT2D eigenvalue weighted by molar-refractivity contribution is 5.24. The molecule has 1 aromatic rings. The Kier molecular flexibility index (Phi) is 4.79. The van der Waals surface area contributed by atoms with Gasteiger partial charge in [0, 0.05) is 0 Å². The van der Waals surface area contributed by atoms with Crippen LogP contribution in [0.2, 0.25) is 0 Å². The topological polar surface area (TPSA) is 29.5 Å².